The van der Waals surface area contributed by atoms with E-state index < -0.39 is 33.9 Å². The first-order valence-corrected chi connectivity index (χ1v) is 7.97. The van der Waals surface area contributed by atoms with Crippen LogP contribution >= 0.6 is 11.3 Å². The van der Waals surface area contributed by atoms with Crippen LogP contribution in [0.1, 0.15) is 23.5 Å². The second-order valence-corrected chi connectivity index (χ2v) is 6.94. The highest BCUT2D eigenvalue weighted by Gasteiger charge is 2.29. The van der Waals surface area contributed by atoms with E-state index in [1.807, 2.05) is 0 Å². The Hall–Kier alpha value is -1.45. The minimum Gasteiger partial charge on any atom is -0.480 e. The molecule has 1 rings (SSSR count). The van der Waals surface area contributed by atoms with Crippen molar-refractivity contribution >= 4 is 33.3 Å². The van der Waals surface area contributed by atoms with Crippen LogP contribution in [0.5, 0.6) is 0 Å². The van der Waals surface area contributed by atoms with E-state index in [0.717, 1.165) is 17.4 Å². The molecule has 7 nitrogen and oxygen atoms in total. The molecule has 0 aliphatic heterocycles. The second-order valence-electron chi connectivity index (χ2n) is 4.32. The van der Waals surface area contributed by atoms with Crippen LogP contribution in [0.3, 0.4) is 0 Å². The highest BCUT2D eigenvalue weighted by atomic mass is 32.2. The molecule has 0 saturated carbocycles. The summed E-state index contributed by atoms with van der Waals surface area (Å²) in [7, 11) is -2.81. The fraction of sp³-hybridized carbons (Fsp3) is 0.455. The quantitative estimate of drug-likeness (QED) is 0.754. The first-order chi connectivity index (χ1) is 9.19. The van der Waals surface area contributed by atoms with Crippen molar-refractivity contribution in [3.63, 3.8) is 0 Å². The van der Waals surface area contributed by atoms with Gasteiger partial charge in [0.2, 0.25) is 10.0 Å². The van der Waals surface area contributed by atoms with Crippen molar-refractivity contribution in [3.8, 4) is 0 Å². The summed E-state index contributed by atoms with van der Waals surface area (Å²) in [6, 6.07) is -0.0839. The lowest BCUT2D eigenvalue weighted by molar-refractivity contribution is -0.140. The van der Waals surface area contributed by atoms with Crippen molar-refractivity contribution in [2.24, 2.45) is 5.92 Å². The van der Waals surface area contributed by atoms with Gasteiger partial charge >= 0.3 is 11.9 Å². The zero-order valence-electron chi connectivity index (χ0n) is 11.1. The standard InChI is InChI=1S/C11H15NO6S2/c1-6(2)9(10(13)14)12-20(16,17)7-4-8(19-5-7)11(15)18-3/h4-6,9,12H,1-3H3,(H,13,14). The molecule has 0 radical (unpaired) electrons. The molecular formula is C11H15NO6S2. The number of rotatable bonds is 6. The van der Waals surface area contributed by atoms with Crippen molar-refractivity contribution in [2.45, 2.75) is 24.8 Å². The summed E-state index contributed by atoms with van der Waals surface area (Å²) < 4.78 is 30.7. The van der Waals surface area contributed by atoms with Gasteiger partial charge in [-0.25, -0.2) is 13.2 Å². The fourth-order valence-corrected chi connectivity index (χ4v) is 3.90. The molecule has 2 N–H and O–H groups in total. The number of nitrogens with one attached hydrogen (secondary N) is 1. The molecule has 0 amide bonds. The van der Waals surface area contributed by atoms with Crippen LogP contribution in [0.2, 0.25) is 0 Å². The van der Waals surface area contributed by atoms with Crippen LogP contribution in [-0.4, -0.2) is 38.6 Å². The number of carboxylic acid groups (broad SMARTS) is 1. The number of carboxylic acids is 1. The molecule has 20 heavy (non-hydrogen) atoms. The van der Waals surface area contributed by atoms with Crippen LogP contribution < -0.4 is 4.72 Å². The van der Waals surface area contributed by atoms with Crippen molar-refractivity contribution < 1.29 is 27.9 Å². The zero-order chi connectivity index (χ0) is 15.5. The van der Waals surface area contributed by atoms with Crippen molar-refractivity contribution in [3.05, 3.63) is 16.3 Å². The smallest absolute Gasteiger partial charge is 0.348 e. The minimum atomic E-state index is -4.00. The second kappa shape index (κ2) is 6.33. The number of methoxy groups -OCH3 is 1. The van der Waals surface area contributed by atoms with Crippen molar-refractivity contribution in [1.29, 1.82) is 0 Å². The van der Waals surface area contributed by atoms with Crippen LogP contribution in [-0.2, 0) is 19.6 Å². The molecule has 0 bridgehead atoms. The Balaban J connectivity index is 3.02. The predicted molar refractivity (Wildman–Crippen MR) is 72.2 cm³/mol. The Labute approximate surface area is 120 Å². The van der Waals surface area contributed by atoms with Gasteiger partial charge in [0, 0.05) is 5.38 Å². The van der Waals surface area contributed by atoms with Crippen LogP contribution in [0.15, 0.2) is 16.3 Å². The molecule has 1 atom stereocenters. The third kappa shape index (κ3) is 3.78. The number of aliphatic carboxylic acids is 1. The molecule has 1 aromatic heterocycles. The molecule has 0 aromatic carbocycles. The van der Waals surface area contributed by atoms with E-state index in [9.17, 15) is 18.0 Å². The largest absolute Gasteiger partial charge is 0.480 e. The number of carbonyl (C=O) groups excluding carboxylic acids is 1. The van der Waals surface area contributed by atoms with Crippen LogP contribution in [0.4, 0.5) is 0 Å². The number of carbonyl (C=O) groups is 2. The summed E-state index contributed by atoms with van der Waals surface area (Å²) in [5.74, 6) is -2.32. The van der Waals surface area contributed by atoms with E-state index in [2.05, 4.69) is 9.46 Å². The summed E-state index contributed by atoms with van der Waals surface area (Å²) in [6.45, 7) is 3.18. The first-order valence-electron chi connectivity index (χ1n) is 5.61. The molecule has 112 valence electrons. The van der Waals surface area contributed by atoms with Gasteiger partial charge in [0.15, 0.2) is 0 Å². The number of esters is 1. The Kier molecular flexibility index (Phi) is 5.26. The molecule has 0 aliphatic carbocycles. The van der Waals surface area contributed by atoms with Crippen LogP contribution in [0, 0.1) is 5.92 Å². The van der Waals surface area contributed by atoms with E-state index in [1.165, 1.54) is 12.5 Å². The van der Waals surface area contributed by atoms with Gasteiger partial charge in [-0.15, -0.1) is 11.3 Å². The van der Waals surface area contributed by atoms with E-state index >= 15 is 0 Å². The van der Waals surface area contributed by atoms with Crippen molar-refractivity contribution in [1.82, 2.24) is 4.72 Å². The molecule has 0 fully saturated rings. The van der Waals surface area contributed by atoms with Gasteiger partial charge in [-0.3, -0.25) is 4.79 Å². The van der Waals surface area contributed by atoms with Gasteiger partial charge in [-0.2, -0.15) is 4.72 Å². The van der Waals surface area contributed by atoms with E-state index in [4.69, 9.17) is 5.11 Å². The van der Waals surface area contributed by atoms with Gasteiger partial charge < -0.3 is 9.84 Å². The Morgan fingerprint density at radius 2 is 2.00 bits per heavy atom. The number of hydrogen-bond donors (Lipinski definition) is 2. The Bertz CT molecular complexity index is 604. The summed E-state index contributed by atoms with van der Waals surface area (Å²) in [4.78, 5) is 22.3. The minimum absolute atomic E-state index is 0.129. The lowest BCUT2D eigenvalue weighted by Crippen LogP contribution is -2.44. The Morgan fingerprint density at radius 1 is 1.40 bits per heavy atom. The average Bonchev–Trinajstić information content (AvgIpc) is 2.84. The highest BCUT2D eigenvalue weighted by Crippen LogP contribution is 2.20. The lowest BCUT2D eigenvalue weighted by Gasteiger charge is -2.17. The molecule has 1 unspecified atom stereocenters. The van der Waals surface area contributed by atoms with E-state index in [1.54, 1.807) is 13.8 Å². The summed E-state index contributed by atoms with van der Waals surface area (Å²) >= 11 is 0.912. The third-order valence-corrected chi connectivity index (χ3v) is 4.97. The molecule has 1 heterocycles. The third-order valence-electron chi connectivity index (χ3n) is 2.49. The highest BCUT2D eigenvalue weighted by molar-refractivity contribution is 7.89. The van der Waals surface area contributed by atoms with E-state index in [0.29, 0.717) is 0 Å². The van der Waals surface area contributed by atoms with Gasteiger partial charge in [0.25, 0.3) is 0 Å². The lowest BCUT2D eigenvalue weighted by atomic mass is 10.1. The van der Waals surface area contributed by atoms with E-state index in [-0.39, 0.29) is 9.77 Å². The SMILES string of the molecule is COC(=O)c1cc(S(=O)(=O)NC(C(=O)O)C(C)C)cs1. The number of sulfonamides is 1. The first kappa shape index (κ1) is 16.6. The maximum absolute atomic E-state index is 12.1. The topological polar surface area (TPSA) is 110 Å². The maximum Gasteiger partial charge on any atom is 0.348 e. The monoisotopic (exact) mass is 321 g/mol. The number of thiophene rings is 1. The average molecular weight is 321 g/mol. The van der Waals surface area contributed by atoms with Gasteiger partial charge in [0.1, 0.15) is 10.9 Å². The van der Waals surface area contributed by atoms with Gasteiger partial charge in [0.05, 0.1) is 12.0 Å². The Morgan fingerprint density at radius 3 is 2.45 bits per heavy atom. The van der Waals surface area contributed by atoms with Crippen molar-refractivity contribution in [2.75, 3.05) is 7.11 Å². The molecular weight excluding hydrogens is 306 g/mol. The normalized spacial score (nSPS) is 13.2. The maximum atomic E-state index is 12.1. The summed E-state index contributed by atoms with van der Waals surface area (Å²) in [6.07, 6.45) is 0. The predicted octanol–water partition coefficient (Wildman–Crippen LogP) is 0.922. The van der Waals surface area contributed by atoms with Gasteiger partial charge in [-0.05, 0) is 12.0 Å². The number of ether oxygens (including phenoxy) is 1. The molecule has 0 spiro atoms. The molecule has 9 heteroatoms. The fourth-order valence-electron chi connectivity index (χ4n) is 1.37. The molecule has 1 aromatic rings. The van der Waals surface area contributed by atoms with Crippen LogP contribution in [0.25, 0.3) is 0 Å². The molecule has 0 aliphatic rings. The van der Waals surface area contributed by atoms with Gasteiger partial charge in [-0.1, -0.05) is 13.8 Å². The zero-order valence-corrected chi connectivity index (χ0v) is 12.7. The molecule has 0 saturated heterocycles. The summed E-state index contributed by atoms with van der Waals surface area (Å²) in [5, 5.41) is 10.2. The number of hydrogen-bond acceptors (Lipinski definition) is 6. The summed E-state index contributed by atoms with van der Waals surface area (Å²) in [5.41, 5.74) is 0.